The molecule has 1 aliphatic rings. The molecule has 0 aliphatic heterocycles. The predicted molar refractivity (Wildman–Crippen MR) is 91.1 cm³/mol. The lowest BCUT2D eigenvalue weighted by molar-refractivity contribution is 0.457. The van der Waals surface area contributed by atoms with Crippen molar-refractivity contribution in [1.82, 2.24) is 10.0 Å². The van der Waals surface area contributed by atoms with Gasteiger partial charge in [-0.15, -0.1) is 11.3 Å². The number of hydrogen-bond donors (Lipinski definition) is 2. The van der Waals surface area contributed by atoms with Crippen LogP contribution in [0.15, 0.2) is 14.7 Å². The van der Waals surface area contributed by atoms with E-state index in [1.807, 2.05) is 6.92 Å². The Balaban J connectivity index is 2.19. The number of rotatable bonds is 6. The monoisotopic (exact) mass is 394 g/mol. The van der Waals surface area contributed by atoms with Crippen molar-refractivity contribution < 1.29 is 8.42 Å². The summed E-state index contributed by atoms with van der Waals surface area (Å²) in [5, 5.41) is 3.21. The highest BCUT2D eigenvalue weighted by Gasteiger charge is 2.66. The van der Waals surface area contributed by atoms with Gasteiger partial charge in [0.25, 0.3) is 0 Å². The molecule has 0 spiro atoms. The Kier molecular flexibility index (Phi) is 4.64. The van der Waals surface area contributed by atoms with Gasteiger partial charge in [0.1, 0.15) is 4.90 Å². The number of nitrogens with one attached hydrogen (secondary N) is 2. The average Bonchev–Trinajstić information content (AvgIpc) is 2.67. The average molecular weight is 395 g/mol. The van der Waals surface area contributed by atoms with Crippen LogP contribution in [0.2, 0.25) is 0 Å². The van der Waals surface area contributed by atoms with Crippen LogP contribution in [0.4, 0.5) is 0 Å². The van der Waals surface area contributed by atoms with Gasteiger partial charge in [0.15, 0.2) is 0 Å². The highest BCUT2D eigenvalue weighted by molar-refractivity contribution is 9.11. The summed E-state index contributed by atoms with van der Waals surface area (Å²) in [6.45, 7) is 12.0. The van der Waals surface area contributed by atoms with Crippen molar-refractivity contribution in [3.05, 3.63) is 14.7 Å². The lowest BCUT2D eigenvalue weighted by atomic mass is 10.0. The summed E-state index contributed by atoms with van der Waals surface area (Å²) in [4.78, 5) is 1.36. The molecule has 1 aliphatic carbocycles. The first-order valence-electron chi connectivity index (χ1n) is 7.05. The lowest BCUT2D eigenvalue weighted by Gasteiger charge is -2.07. The molecule has 1 aromatic rings. The molecule has 0 atom stereocenters. The molecule has 1 heterocycles. The van der Waals surface area contributed by atoms with Crippen LogP contribution in [0.5, 0.6) is 0 Å². The molecule has 1 fully saturated rings. The summed E-state index contributed by atoms with van der Waals surface area (Å²) in [6, 6.07) is 1.72. The molecule has 21 heavy (non-hydrogen) atoms. The third-order valence-corrected chi connectivity index (χ3v) is 8.51. The lowest BCUT2D eigenvalue weighted by Crippen LogP contribution is -2.29. The Morgan fingerprint density at radius 1 is 1.29 bits per heavy atom. The molecule has 0 unspecified atom stereocenters. The van der Waals surface area contributed by atoms with Crippen LogP contribution in [-0.2, 0) is 16.6 Å². The van der Waals surface area contributed by atoms with Crippen molar-refractivity contribution in [3.8, 4) is 0 Å². The second kappa shape index (κ2) is 5.60. The zero-order valence-electron chi connectivity index (χ0n) is 13.1. The first-order valence-corrected chi connectivity index (χ1v) is 10.1. The predicted octanol–water partition coefficient (Wildman–Crippen LogP) is 3.33. The van der Waals surface area contributed by atoms with Gasteiger partial charge in [-0.2, -0.15) is 0 Å². The topological polar surface area (TPSA) is 58.2 Å². The molecule has 2 N–H and O–H groups in total. The van der Waals surface area contributed by atoms with Gasteiger partial charge in [-0.05, 0) is 39.4 Å². The van der Waals surface area contributed by atoms with Crippen LogP contribution in [-0.4, -0.2) is 21.0 Å². The number of hydrogen-bond acceptors (Lipinski definition) is 4. The van der Waals surface area contributed by atoms with E-state index in [1.54, 1.807) is 6.07 Å². The van der Waals surface area contributed by atoms with E-state index in [0.29, 0.717) is 15.2 Å². The van der Waals surface area contributed by atoms with Crippen LogP contribution in [0, 0.1) is 10.8 Å². The Morgan fingerprint density at radius 3 is 2.33 bits per heavy atom. The fourth-order valence-corrected chi connectivity index (χ4v) is 6.81. The molecule has 120 valence electrons. The number of sulfonamides is 1. The summed E-state index contributed by atoms with van der Waals surface area (Å²) in [6.07, 6.45) is 0. The van der Waals surface area contributed by atoms with Crippen LogP contribution < -0.4 is 10.0 Å². The minimum Gasteiger partial charge on any atom is -0.312 e. The van der Waals surface area contributed by atoms with E-state index in [9.17, 15) is 8.42 Å². The van der Waals surface area contributed by atoms with Gasteiger partial charge < -0.3 is 5.32 Å². The minimum atomic E-state index is -3.49. The quantitative estimate of drug-likeness (QED) is 0.777. The van der Waals surface area contributed by atoms with Crippen LogP contribution >= 0.6 is 27.3 Å². The highest BCUT2D eigenvalue weighted by Crippen LogP contribution is 2.63. The van der Waals surface area contributed by atoms with E-state index < -0.39 is 10.0 Å². The fourth-order valence-electron chi connectivity index (χ4n) is 2.63. The highest BCUT2D eigenvalue weighted by atomic mass is 79.9. The maximum atomic E-state index is 12.6. The number of thiophene rings is 1. The summed E-state index contributed by atoms with van der Waals surface area (Å²) in [5.74, 6) is 0. The third-order valence-electron chi connectivity index (χ3n) is 4.84. The van der Waals surface area contributed by atoms with Crippen molar-refractivity contribution in [2.75, 3.05) is 6.54 Å². The van der Waals surface area contributed by atoms with Gasteiger partial charge in [0.2, 0.25) is 10.0 Å². The molecule has 0 aromatic carbocycles. The van der Waals surface area contributed by atoms with Gasteiger partial charge in [-0.1, -0.05) is 34.6 Å². The van der Waals surface area contributed by atoms with E-state index in [4.69, 9.17) is 0 Å². The van der Waals surface area contributed by atoms with Crippen molar-refractivity contribution in [2.24, 2.45) is 10.8 Å². The Morgan fingerprint density at radius 2 is 1.86 bits per heavy atom. The standard InChI is InChI=1S/C14H23BrN2O2S2/c1-6-16-8-9-7-10(11(15)20-9)21(18,19)17-12-13(2,3)14(12,4)5/h7,12,16-17H,6,8H2,1-5H3. The third kappa shape index (κ3) is 3.08. The smallest absolute Gasteiger partial charge is 0.242 e. The number of halogens is 1. The van der Waals surface area contributed by atoms with Crippen LogP contribution in [0.3, 0.4) is 0 Å². The summed E-state index contributed by atoms with van der Waals surface area (Å²) >= 11 is 4.85. The maximum Gasteiger partial charge on any atom is 0.242 e. The molecule has 4 nitrogen and oxygen atoms in total. The zero-order chi connectivity index (χ0) is 16.1. The Labute approximate surface area is 139 Å². The van der Waals surface area contributed by atoms with E-state index in [2.05, 4.69) is 53.7 Å². The molecule has 0 radical (unpaired) electrons. The van der Waals surface area contributed by atoms with E-state index >= 15 is 0 Å². The SMILES string of the molecule is CCNCc1cc(S(=O)(=O)NC2C(C)(C)C2(C)C)c(Br)s1. The fraction of sp³-hybridized carbons (Fsp3) is 0.714. The van der Waals surface area contributed by atoms with Gasteiger partial charge in [0.05, 0.1) is 3.79 Å². The van der Waals surface area contributed by atoms with Gasteiger partial charge in [-0.25, -0.2) is 13.1 Å². The van der Waals surface area contributed by atoms with Crippen LogP contribution in [0.1, 0.15) is 39.5 Å². The second-order valence-corrected chi connectivity index (χ2v) is 10.8. The van der Waals surface area contributed by atoms with Crippen LogP contribution in [0.25, 0.3) is 0 Å². The van der Waals surface area contributed by atoms with Gasteiger partial charge in [-0.3, -0.25) is 0 Å². The minimum absolute atomic E-state index is 0.0187. The molecular weight excluding hydrogens is 372 g/mol. The van der Waals surface area contributed by atoms with Crippen molar-refractivity contribution in [2.45, 2.75) is 52.1 Å². The van der Waals surface area contributed by atoms with Gasteiger partial charge in [0, 0.05) is 17.5 Å². The molecule has 0 bridgehead atoms. The summed E-state index contributed by atoms with van der Waals surface area (Å²) in [5.41, 5.74) is -0.0374. The van der Waals surface area contributed by atoms with E-state index in [-0.39, 0.29) is 16.9 Å². The first kappa shape index (κ1) is 17.4. The van der Waals surface area contributed by atoms with E-state index in [0.717, 1.165) is 11.4 Å². The molecule has 1 aromatic heterocycles. The molecule has 2 rings (SSSR count). The van der Waals surface area contributed by atoms with Crippen molar-refractivity contribution in [1.29, 1.82) is 0 Å². The first-order chi connectivity index (χ1) is 9.54. The molecule has 1 saturated carbocycles. The Bertz CT molecular complexity index is 621. The van der Waals surface area contributed by atoms with Crippen molar-refractivity contribution in [3.63, 3.8) is 0 Å². The Hall–Kier alpha value is 0.0500. The molecule has 0 saturated heterocycles. The van der Waals surface area contributed by atoms with Crippen molar-refractivity contribution >= 4 is 37.3 Å². The second-order valence-electron chi connectivity index (χ2n) is 6.63. The maximum absolute atomic E-state index is 12.6. The van der Waals surface area contributed by atoms with Gasteiger partial charge >= 0.3 is 0 Å². The van der Waals surface area contributed by atoms with E-state index in [1.165, 1.54) is 11.3 Å². The molecule has 7 heteroatoms. The largest absolute Gasteiger partial charge is 0.312 e. The summed E-state index contributed by atoms with van der Waals surface area (Å²) in [7, 11) is -3.49. The molecule has 0 amide bonds. The molecular formula is C14H23BrN2O2S2. The zero-order valence-corrected chi connectivity index (χ0v) is 16.3. The summed E-state index contributed by atoms with van der Waals surface area (Å²) < 4.78 is 28.8. The normalized spacial score (nSPS) is 20.7.